The normalized spacial score (nSPS) is 14.4. The molecule has 2 heterocycles. The molecule has 8 heteroatoms. The Bertz CT molecular complexity index is 772. The first-order chi connectivity index (χ1) is 11.5. The molecule has 0 atom stereocenters. The van der Waals surface area contributed by atoms with Gasteiger partial charge in [0.05, 0.1) is 17.7 Å². The molecule has 24 heavy (non-hydrogen) atoms. The van der Waals surface area contributed by atoms with Crippen molar-refractivity contribution in [3.63, 3.8) is 0 Å². The first-order valence-corrected chi connectivity index (χ1v) is 7.89. The van der Waals surface area contributed by atoms with Crippen molar-refractivity contribution in [3.05, 3.63) is 33.5 Å². The van der Waals surface area contributed by atoms with Crippen LogP contribution in [0.15, 0.2) is 12.1 Å². The molecular formula is C16H20N4O4. The fraction of sp³-hybridized carbons (Fsp3) is 0.438. The van der Waals surface area contributed by atoms with Crippen LogP contribution in [-0.4, -0.2) is 45.3 Å². The van der Waals surface area contributed by atoms with Crippen LogP contribution in [0.4, 0.5) is 5.69 Å². The molecule has 0 saturated carbocycles. The number of rotatable bonds is 5. The minimum Gasteiger partial charge on any atom is -0.500 e. The molecule has 1 aliphatic rings. The van der Waals surface area contributed by atoms with Gasteiger partial charge in [-0.25, -0.2) is 0 Å². The third-order valence-corrected chi connectivity index (χ3v) is 4.30. The van der Waals surface area contributed by atoms with E-state index in [2.05, 4.69) is 22.0 Å². The molecule has 1 aliphatic heterocycles. The van der Waals surface area contributed by atoms with Crippen molar-refractivity contribution in [2.45, 2.75) is 26.3 Å². The highest BCUT2D eigenvalue weighted by Gasteiger charge is 2.26. The molecule has 0 unspecified atom stereocenters. The van der Waals surface area contributed by atoms with Crippen LogP contribution in [0.5, 0.6) is 11.5 Å². The lowest BCUT2D eigenvalue weighted by atomic mass is 10.00. The molecule has 8 nitrogen and oxygen atoms in total. The summed E-state index contributed by atoms with van der Waals surface area (Å²) < 4.78 is 5.08. The van der Waals surface area contributed by atoms with Crippen LogP contribution < -0.4 is 4.74 Å². The van der Waals surface area contributed by atoms with Crippen molar-refractivity contribution in [1.29, 1.82) is 0 Å². The summed E-state index contributed by atoms with van der Waals surface area (Å²) in [5.41, 5.74) is 2.96. The van der Waals surface area contributed by atoms with Crippen LogP contribution in [0.3, 0.4) is 0 Å². The van der Waals surface area contributed by atoms with Crippen molar-refractivity contribution < 1.29 is 14.8 Å². The fourth-order valence-electron chi connectivity index (χ4n) is 3.12. The third kappa shape index (κ3) is 2.80. The van der Waals surface area contributed by atoms with Gasteiger partial charge in [0.15, 0.2) is 5.75 Å². The van der Waals surface area contributed by atoms with Crippen LogP contribution in [0.2, 0.25) is 0 Å². The summed E-state index contributed by atoms with van der Waals surface area (Å²) in [5, 5.41) is 28.5. The summed E-state index contributed by atoms with van der Waals surface area (Å²) in [5.74, 6) is -0.402. The lowest BCUT2D eigenvalue weighted by Gasteiger charge is -2.26. The number of fused-ring (bicyclic) bond motifs is 1. The Kier molecular flexibility index (Phi) is 4.39. The van der Waals surface area contributed by atoms with Crippen LogP contribution in [0.25, 0.3) is 11.3 Å². The lowest BCUT2D eigenvalue weighted by molar-refractivity contribution is -0.385. The average Bonchev–Trinajstić information content (AvgIpc) is 2.98. The highest BCUT2D eigenvalue weighted by Crippen LogP contribution is 2.41. The van der Waals surface area contributed by atoms with Gasteiger partial charge in [-0.05, 0) is 19.0 Å². The summed E-state index contributed by atoms with van der Waals surface area (Å²) in [7, 11) is 1.37. The molecule has 2 aromatic rings. The second kappa shape index (κ2) is 6.48. The quantitative estimate of drug-likeness (QED) is 0.644. The van der Waals surface area contributed by atoms with E-state index in [1.165, 1.54) is 13.2 Å². The smallest absolute Gasteiger partial charge is 0.315 e. The van der Waals surface area contributed by atoms with E-state index in [4.69, 9.17) is 4.74 Å². The van der Waals surface area contributed by atoms with Crippen LogP contribution in [0.1, 0.15) is 24.6 Å². The summed E-state index contributed by atoms with van der Waals surface area (Å²) in [4.78, 5) is 12.9. The number of ether oxygens (including phenoxy) is 1. The predicted molar refractivity (Wildman–Crippen MR) is 88.2 cm³/mol. The van der Waals surface area contributed by atoms with E-state index in [1.807, 2.05) is 0 Å². The number of methoxy groups -OCH3 is 1. The van der Waals surface area contributed by atoms with Crippen LogP contribution in [-0.2, 0) is 13.0 Å². The molecule has 0 spiro atoms. The number of aromatic amines is 1. The molecule has 1 aromatic heterocycles. The maximum atomic E-state index is 11.2. The van der Waals surface area contributed by atoms with Crippen molar-refractivity contribution in [3.8, 4) is 22.8 Å². The molecule has 128 valence electrons. The molecule has 0 amide bonds. The molecule has 0 aliphatic carbocycles. The van der Waals surface area contributed by atoms with Crippen molar-refractivity contribution in [2.75, 3.05) is 20.2 Å². The maximum Gasteiger partial charge on any atom is 0.315 e. The van der Waals surface area contributed by atoms with Crippen LogP contribution >= 0.6 is 0 Å². The Morgan fingerprint density at radius 1 is 1.50 bits per heavy atom. The molecule has 0 bridgehead atoms. The number of benzene rings is 1. The minimum atomic E-state index is -0.621. The zero-order chi connectivity index (χ0) is 17.3. The predicted octanol–water partition coefficient (Wildman–Crippen LogP) is 2.47. The Labute approximate surface area is 139 Å². The van der Waals surface area contributed by atoms with Gasteiger partial charge in [-0.3, -0.25) is 20.1 Å². The highest BCUT2D eigenvalue weighted by atomic mass is 16.6. The maximum absolute atomic E-state index is 11.2. The number of nitro groups is 1. The summed E-state index contributed by atoms with van der Waals surface area (Å²) >= 11 is 0. The molecular weight excluding hydrogens is 312 g/mol. The number of phenolic OH excluding ortho intramolecular Hbond substituents is 1. The van der Waals surface area contributed by atoms with E-state index < -0.39 is 10.7 Å². The van der Waals surface area contributed by atoms with Gasteiger partial charge in [0, 0.05) is 42.4 Å². The Balaban J connectivity index is 2.06. The lowest BCUT2D eigenvalue weighted by Crippen LogP contribution is -2.31. The summed E-state index contributed by atoms with van der Waals surface area (Å²) in [6.07, 6.45) is 1.95. The highest BCUT2D eigenvalue weighted by molar-refractivity contribution is 5.73. The Hall–Kier alpha value is -2.61. The zero-order valence-electron chi connectivity index (χ0n) is 13.7. The zero-order valence-corrected chi connectivity index (χ0v) is 13.7. The molecule has 0 saturated heterocycles. The van der Waals surface area contributed by atoms with E-state index in [0.29, 0.717) is 11.3 Å². The molecule has 3 rings (SSSR count). The second-order valence-corrected chi connectivity index (χ2v) is 5.86. The van der Waals surface area contributed by atoms with Gasteiger partial charge < -0.3 is 9.84 Å². The van der Waals surface area contributed by atoms with Gasteiger partial charge in [0.2, 0.25) is 5.75 Å². The molecule has 2 N–H and O–H groups in total. The van der Waals surface area contributed by atoms with Crippen LogP contribution in [0, 0.1) is 10.1 Å². The third-order valence-electron chi connectivity index (χ3n) is 4.30. The molecule has 1 aromatic carbocycles. The fourth-order valence-corrected chi connectivity index (χ4v) is 3.12. The van der Waals surface area contributed by atoms with Gasteiger partial charge in [0.25, 0.3) is 0 Å². The minimum absolute atomic E-state index is 0.0668. The number of aromatic nitrogens is 2. The van der Waals surface area contributed by atoms with E-state index >= 15 is 0 Å². The summed E-state index contributed by atoms with van der Waals surface area (Å²) in [6, 6.07) is 2.92. The first kappa shape index (κ1) is 16.3. The van der Waals surface area contributed by atoms with E-state index in [-0.39, 0.29) is 11.4 Å². The monoisotopic (exact) mass is 332 g/mol. The summed E-state index contributed by atoms with van der Waals surface area (Å²) in [6.45, 7) is 4.87. The van der Waals surface area contributed by atoms with Crippen molar-refractivity contribution >= 4 is 5.69 Å². The van der Waals surface area contributed by atoms with Crippen molar-refractivity contribution in [1.82, 2.24) is 15.1 Å². The average molecular weight is 332 g/mol. The Morgan fingerprint density at radius 2 is 2.29 bits per heavy atom. The first-order valence-electron chi connectivity index (χ1n) is 7.89. The molecule has 0 radical (unpaired) electrons. The number of hydrogen-bond donors (Lipinski definition) is 2. The van der Waals surface area contributed by atoms with E-state index in [1.54, 1.807) is 6.07 Å². The number of nitro benzene ring substituents is 1. The van der Waals surface area contributed by atoms with Gasteiger partial charge >= 0.3 is 5.69 Å². The number of H-pyrrole nitrogens is 1. The van der Waals surface area contributed by atoms with E-state index in [9.17, 15) is 15.2 Å². The topological polar surface area (TPSA) is 105 Å². The van der Waals surface area contributed by atoms with Gasteiger partial charge in [0.1, 0.15) is 0 Å². The number of phenols is 1. The van der Waals surface area contributed by atoms with Crippen molar-refractivity contribution in [2.24, 2.45) is 0 Å². The van der Waals surface area contributed by atoms with Gasteiger partial charge in [-0.15, -0.1) is 0 Å². The Morgan fingerprint density at radius 3 is 2.96 bits per heavy atom. The molecule has 0 fully saturated rings. The van der Waals surface area contributed by atoms with Gasteiger partial charge in [-0.1, -0.05) is 6.92 Å². The SMILES string of the molecule is CCCN1CCc2[nH]nc(-c3cc(OC)c(O)c([N+](=O)[O-])c3)c2C1. The van der Waals surface area contributed by atoms with Gasteiger partial charge in [-0.2, -0.15) is 5.10 Å². The number of aromatic hydroxyl groups is 1. The number of nitrogens with zero attached hydrogens (tertiary/aromatic N) is 3. The largest absolute Gasteiger partial charge is 0.500 e. The standard InChI is InChI=1S/C16H20N4O4/c1-3-5-19-6-4-12-11(9-19)15(18-17-12)10-7-13(20(22)23)16(21)14(8-10)24-2/h7-8,21H,3-6,9H2,1-2H3,(H,17,18). The number of nitrogens with one attached hydrogen (secondary N) is 1. The van der Waals surface area contributed by atoms with E-state index in [0.717, 1.165) is 43.7 Å². The second-order valence-electron chi connectivity index (χ2n) is 5.86. The number of hydrogen-bond acceptors (Lipinski definition) is 6.